The van der Waals surface area contributed by atoms with E-state index in [0.29, 0.717) is 17.4 Å². The fourth-order valence-electron chi connectivity index (χ4n) is 1.62. The van der Waals surface area contributed by atoms with Crippen LogP contribution in [0, 0.1) is 0 Å². The highest BCUT2D eigenvalue weighted by molar-refractivity contribution is 7.13. The Labute approximate surface area is 126 Å². The number of thiazole rings is 1. The van der Waals surface area contributed by atoms with Gasteiger partial charge in [-0.05, 0) is 5.56 Å². The second-order valence-corrected chi connectivity index (χ2v) is 5.15. The molecule has 0 fully saturated rings. The van der Waals surface area contributed by atoms with Crippen LogP contribution in [0.3, 0.4) is 0 Å². The van der Waals surface area contributed by atoms with Crippen LogP contribution in [0.1, 0.15) is 11.3 Å². The molecule has 2 rings (SSSR count). The Morgan fingerprint density at radius 1 is 1.24 bits per heavy atom. The third-order valence-corrected chi connectivity index (χ3v) is 3.50. The lowest BCUT2D eigenvalue weighted by Gasteiger charge is -2.05. The molecule has 0 aliphatic heterocycles. The summed E-state index contributed by atoms with van der Waals surface area (Å²) in [6.07, 6.45) is 0.209. The van der Waals surface area contributed by atoms with Gasteiger partial charge in [-0.2, -0.15) is 0 Å². The van der Waals surface area contributed by atoms with Gasteiger partial charge in [-0.15, -0.1) is 11.3 Å². The largest absolute Gasteiger partial charge is 0.359 e. The zero-order chi connectivity index (χ0) is 15.1. The minimum Gasteiger partial charge on any atom is -0.359 e. The molecule has 110 valence electrons. The van der Waals surface area contributed by atoms with Gasteiger partial charge in [-0.25, -0.2) is 9.78 Å². The number of amides is 3. The molecule has 0 radical (unpaired) electrons. The molecule has 0 saturated heterocycles. The Balaban J connectivity index is 1.81. The number of benzene rings is 1. The lowest BCUT2D eigenvalue weighted by Crippen LogP contribution is -2.28. The molecule has 0 bridgehead atoms. The molecule has 3 N–H and O–H groups in total. The van der Waals surface area contributed by atoms with Crippen molar-refractivity contribution in [2.24, 2.45) is 0 Å². The van der Waals surface area contributed by atoms with E-state index in [9.17, 15) is 9.59 Å². The molecular formula is C14H16N4O2S. The molecule has 0 unspecified atom stereocenters. The van der Waals surface area contributed by atoms with Crippen molar-refractivity contribution < 1.29 is 9.59 Å². The maximum absolute atomic E-state index is 11.7. The highest BCUT2D eigenvalue weighted by atomic mass is 32.1. The van der Waals surface area contributed by atoms with Gasteiger partial charge in [-0.3, -0.25) is 10.1 Å². The predicted octanol–water partition coefficient (Wildman–Crippen LogP) is 1.75. The fourth-order valence-corrected chi connectivity index (χ4v) is 2.32. The first-order chi connectivity index (χ1) is 10.2. The summed E-state index contributed by atoms with van der Waals surface area (Å²) < 4.78 is 0. The second-order valence-electron chi connectivity index (χ2n) is 4.29. The molecule has 7 heteroatoms. The summed E-state index contributed by atoms with van der Waals surface area (Å²) in [5.74, 6) is -0.111. The van der Waals surface area contributed by atoms with E-state index in [-0.39, 0.29) is 18.4 Å². The molecule has 0 atom stereocenters. The average Bonchev–Trinajstić information content (AvgIpc) is 2.93. The van der Waals surface area contributed by atoms with Crippen molar-refractivity contribution in [2.75, 3.05) is 12.4 Å². The van der Waals surface area contributed by atoms with E-state index >= 15 is 0 Å². The lowest BCUT2D eigenvalue weighted by atomic mass is 10.2. The number of likely N-dealkylation sites (N-methyl/N-ethyl adjacent to an activating group) is 1. The maximum Gasteiger partial charge on any atom is 0.321 e. The summed E-state index contributed by atoms with van der Waals surface area (Å²) in [5.41, 5.74) is 1.66. The zero-order valence-corrected chi connectivity index (χ0v) is 12.4. The third-order valence-electron chi connectivity index (χ3n) is 2.69. The van der Waals surface area contributed by atoms with Crippen LogP contribution in [0.15, 0.2) is 35.7 Å². The molecule has 1 aromatic carbocycles. The Morgan fingerprint density at radius 3 is 2.71 bits per heavy atom. The van der Waals surface area contributed by atoms with Crippen LogP contribution in [0.25, 0.3) is 0 Å². The van der Waals surface area contributed by atoms with Crippen LogP contribution >= 0.6 is 11.3 Å². The number of nitrogens with one attached hydrogen (secondary N) is 3. The smallest absolute Gasteiger partial charge is 0.321 e. The van der Waals surface area contributed by atoms with Crippen molar-refractivity contribution in [1.82, 2.24) is 15.6 Å². The number of rotatable bonds is 5. The molecule has 2 aromatic rings. The minimum absolute atomic E-state index is 0.111. The molecule has 0 aliphatic carbocycles. The van der Waals surface area contributed by atoms with Crippen molar-refractivity contribution >= 4 is 28.4 Å². The van der Waals surface area contributed by atoms with Crippen LogP contribution in [0.2, 0.25) is 0 Å². The Bertz CT molecular complexity index is 612. The van der Waals surface area contributed by atoms with Crippen LogP contribution < -0.4 is 16.0 Å². The van der Waals surface area contributed by atoms with Crippen LogP contribution in [0.5, 0.6) is 0 Å². The Hall–Kier alpha value is -2.41. The van der Waals surface area contributed by atoms with Gasteiger partial charge >= 0.3 is 6.03 Å². The second kappa shape index (κ2) is 7.39. The molecule has 0 aliphatic rings. The third kappa shape index (κ3) is 4.88. The molecule has 21 heavy (non-hydrogen) atoms. The number of anilines is 1. The number of carbonyl (C=O) groups is 2. The van der Waals surface area contributed by atoms with Crippen LogP contribution in [0.4, 0.5) is 9.93 Å². The molecular weight excluding hydrogens is 288 g/mol. The van der Waals surface area contributed by atoms with E-state index in [1.807, 2.05) is 30.3 Å². The number of hydrogen-bond acceptors (Lipinski definition) is 4. The van der Waals surface area contributed by atoms with Gasteiger partial charge < -0.3 is 10.6 Å². The molecule has 1 aromatic heterocycles. The summed E-state index contributed by atoms with van der Waals surface area (Å²) in [6.45, 7) is 0.448. The topological polar surface area (TPSA) is 83.1 Å². The number of aromatic nitrogens is 1. The fraction of sp³-hybridized carbons (Fsp3) is 0.214. The van der Waals surface area contributed by atoms with E-state index in [2.05, 4.69) is 20.9 Å². The first kappa shape index (κ1) is 15.0. The Morgan fingerprint density at radius 2 is 2.00 bits per heavy atom. The van der Waals surface area contributed by atoms with Gasteiger partial charge in [0.2, 0.25) is 5.91 Å². The maximum atomic E-state index is 11.7. The van der Waals surface area contributed by atoms with E-state index in [4.69, 9.17) is 0 Å². The summed E-state index contributed by atoms with van der Waals surface area (Å²) >= 11 is 1.29. The molecule has 3 amide bonds. The molecule has 1 heterocycles. The van der Waals surface area contributed by atoms with Crippen molar-refractivity contribution in [2.45, 2.75) is 13.0 Å². The molecule has 0 saturated carbocycles. The normalized spacial score (nSPS) is 9.95. The minimum atomic E-state index is -0.320. The van der Waals surface area contributed by atoms with E-state index in [0.717, 1.165) is 5.56 Å². The standard InChI is InChI=1S/C14H16N4O2S/c1-15-12(19)7-11-9-21-14(17-11)18-13(20)16-8-10-5-3-2-4-6-10/h2-6,9H,7-8H2,1H3,(H,15,19)(H2,16,17,18,20). The SMILES string of the molecule is CNC(=O)Cc1csc(NC(=O)NCc2ccccc2)n1. The number of urea groups is 1. The zero-order valence-electron chi connectivity index (χ0n) is 11.6. The van der Waals surface area contributed by atoms with Gasteiger partial charge in [0.05, 0.1) is 12.1 Å². The summed E-state index contributed by atoms with van der Waals surface area (Å²) in [7, 11) is 1.57. The molecule has 6 nitrogen and oxygen atoms in total. The number of carbonyl (C=O) groups excluding carboxylic acids is 2. The van der Waals surface area contributed by atoms with Gasteiger partial charge in [0, 0.05) is 19.0 Å². The highest BCUT2D eigenvalue weighted by Crippen LogP contribution is 2.15. The molecule has 0 spiro atoms. The lowest BCUT2D eigenvalue weighted by molar-refractivity contribution is -0.120. The van der Waals surface area contributed by atoms with Crippen molar-refractivity contribution in [3.05, 3.63) is 47.0 Å². The quantitative estimate of drug-likeness (QED) is 0.787. The Kier molecular flexibility index (Phi) is 5.28. The number of hydrogen-bond donors (Lipinski definition) is 3. The van der Waals surface area contributed by atoms with E-state index in [1.54, 1.807) is 12.4 Å². The van der Waals surface area contributed by atoms with Crippen molar-refractivity contribution in [1.29, 1.82) is 0 Å². The first-order valence-corrected chi connectivity index (χ1v) is 7.29. The van der Waals surface area contributed by atoms with Crippen LogP contribution in [-0.4, -0.2) is 24.0 Å². The summed E-state index contributed by atoms with van der Waals surface area (Å²) in [5, 5.41) is 10.1. The number of nitrogens with zero attached hydrogens (tertiary/aromatic N) is 1. The summed E-state index contributed by atoms with van der Waals surface area (Å²) in [6, 6.07) is 9.31. The summed E-state index contributed by atoms with van der Waals surface area (Å²) in [4.78, 5) is 27.1. The first-order valence-electron chi connectivity index (χ1n) is 6.41. The van der Waals surface area contributed by atoms with Crippen LogP contribution in [-0.2, 0) is 17.8 Å². The van der Waals surface area contributed by atoms with Gasteiger partial charge in [-0.1, -0.05) is 30.3 Å². The van der Waals surface area contributed by atoms with E-state index < -0.39 is 0 Å². The van der Waals surface area contributed by atoms with Crippen molar-refractivity contribution in [3.63, 3.8) is 0 Å². The van der Waals surface area contributed by atoms with Gasteiger partial charge in [0.1, 0.15) is 0 Å². The van der Waals surface area contributed by atoms with Gasteiger partial charge in [0.25, 0.3) is 0 Å². The monoisotopic (exact) mass is 304 g/mol. The highest BCUT2D eigenvalue weighted by Gasteiger charge is 2.08. The predicted molar refractivity (Wildman–Crippen MR) is 82.2 cm³/mol. The van der Waals surface area contributed by atoms with E-state index in [1.165, 1.54) is 11.3 Å². The van der Waals surface area contributed by atoms with Crippen molar-refractivity contribution in [3.8, 4) is 0 Å². The average molecular weight is 304 g/mol. The van der Waals surface area contributed by atoms with Gasteiger partial charge in [0.15, 0.2) is 5.13 Å².